The van der Waals surface area contributed by atoms with Crippen molar-refractivity contribution in [3.8, 4) is 0 Å². The zero-order valence-electron chi connectivity index (χ0n) is 9.89. The molecule has 0 atom stereocenters. The fourth-order valence-corrected chi connectivity index (χ4v) is 2.84. The van der Waals surface area contributed by atoms with Crippen molar-refractivity contribution >= 4 is 23.4 Å². The highest BCUT2D eigenvalue weighted by molar-refractivity contribution is 7.07. The largest absolute Gasteiger partial charge is 0.481 e. The minimum absolute atomic E-state index is 0.0228. The first-order valence-electron chi connectivity index (χ1n) is 5.93. The Labute approximate surface area is 109 Å². The summed E-state index contributed by atoms with van der Waals surface area (Å²) in [6.45, 7) is 0. The number of carboxylic acids is 1. The minimum atomic E-state index is -0.875. The fourth-order valence-electron chi connectivity index (χ4n) is 2.43. The van der Waals surface area contributed by atoms with E-state index in [2.05, 4.69) is 14.9 Å². The number of nitrogens with one attached hydrogen (secondary N) is 1. The first kappa shape index (κ1) is 12.9. The van der Waals surface area contributed by atoms with Crippen LogP contribution in [-0.4, -0.2) is 32.1 Å². The molecule has 0 spiro atoms. The van der Waals surface area contributed by atoms with Gasteiger partial charge in [0.15, 0.2) is 0 Å². The van der Waals surface area contributed by atoms with Gasteiger partial charge >= 0.3 is 5.97 Å². The quantitative estimate of drug-likeness (QED) is 0.863. The Morgan fingerprint density at radius 1 is 1.39 bits per heavy atom. The van der Waals surface area contributed by atoms with Crippen molar-refractivity contribution < 1.29 is 14.7 Å². The molecule has 0 saturated heterocycles. The Kier molecular flexibility index (Phi) is 3.90. The van der Waals surface area contributed by atoms with Gasteiger partial charge in [-0.2, -0.15) is 0 Å². The van der Waals surface area contributed by atoms with E-state index in [1.807, 2.05) is 0 Å². The van der Waals surface area contributed by atoms with Crippen molar-refractivity contribution in [3.05, 3.63) is 11.1 Å². The van der Waals surface area contributed by atoms with Gasteiger partial charge in [-0.1, -0.05) is 23.8 Å². The molecule has 1 aromatic rings. The van der Waals surface area contributed by atoms with Crippen molar-refractivity contribution in [3.63, 3.8) is 0 Å². The monoisotopic (exact) mass is 269 g/mol. The summed E-state index contributed by atoms with van der Waals surface area (Å²) in [5.41, 5.74) is -0.606. The van der Waals surface area contributed by atoms with Crippen LogP contribution in [0.3, 0.4) is 0 Å². The van der Waals surface area contributed by atoms with Crippen molar-refractivity contribution in [2.75, 3.05) is 0 Å². The summed E-state index contributed by atoms with van der Waals surface area (Å²) in [5.74, 6) is -1.15. The number of carbonyl (C=O) groups is 2. The third-order valence-electron chi connectivity index (χ3n) is 3.26. The van der Waals surface area contributed by atoms with Gasteiger partial charge in [0, 0.05) is 0 Å². The molecule has 1 saturated carbocycles. The average molecular weight is 269 g/mol. The van der Waals surface area contributed by atoms with E-state index in [1.165, 1.54) is 6.20 Å². The van der Waals surface area contributed by atoms with E-state index in [4.69, 9.17) is 5.11 Å². The van der Waals surface area contributed by atoms with E-state index >= 15 is 0 Å². The Balaban J connectivity index is 2.09. The highest BCUT2D eigenvalue weighted by atomic mass is 32.1. The van der Waals surface area contributed by atoms with Crippen LogP contribution in [0, 0.1) is 0 Å². The molecule has 18 heavy (non-hydrogen) atoms. The number of hydrogen-bond acceptors (Lipinski definition) is 5. The highest BCUT2D eigenvalue weighted by Crippen LogP contribution is 2.31. The van der Waals surface area contributed by atoms with Gasteiger partial charge in [-0.3, -0.25) is 9.59 Å². The molecule has 1 aromatic heterocycles. The van der Waals surface area contributed by atoms with Crippen LogP contribution in [0.4, 0.5) is 0 Å². The molecule has 7 heteroatoms. The third kappa shape index (κ3) is 3.04. The summed E-state index contributed by atoms with van der Waals surface area (Å²) in [7, 11) is 0. The lowest BCUT2D eigenvalue weighted by Gasteiger charge is -2.36. The van der Waals surface area contributed by atoms with Gasteiger partial charge < -0.3 is 10.4 Å². The minimum Gasteiger partial charge on any atom is -0.481 e. The molecular formula is C11H15N3O3S. The van der Waals surface area contributed by atoms with Gasteiger partial charge in [-0.05, 0) is 24.4 Å². The summed E-state index contributed by atoms with van der Waals surface area (Å²) >= 11 is 1.02. The van der Waals surface area contributed by atoms with Gasteiger partial charge in [0.1, 0.15) is 4.88 Å². The summed E-state index contributed by atoms with van der Waals surface area (Å²) in [5, 5.41) is 15.5. The Morgan fingerprint density at radius 3 is 2.67 bits per heavy atom. The lowest BCUT2D eigenvalue weighted by Crippen LogP contribution is -2.51. The van der Waals surface area contributed by atoms with E-state index in [9.17, 15) is 9.59 Å². The molecule has 0 aromatic carbocycles. The van der Waals surface area contributed by atoms with Crippen molar-refractivity contribution in [2.45, 2.75) is 44.1 Å². The Hall–Kier alpha value is -1.50. The standard InChI is InChI=1S/C11H15N3O3S/c15-9(16)6-11(4-2-1-3-5-11)13-10(17)8-7-12-14-18-8/h7H,1-6H2,(H,13,17)(H,15,16). The first-order chi connectivity index (χ1) is 8.61. The van der Waals surface area contributed by atoms with E-state index in [-0.39, 0.29) is 12.3 Å². The molecule has 2 rings (SSSR count). The molecule has 0 radical (unpaired) electrons. The predicted octanol–water partition coefficient (Wildman–Crippen LogP) is 1.45. The molecule has 1 aliphatic rings. The lowest BCUT2D eigenvalue weighted by molar-refractivity contribution is -0.139. The molecule has 1 amide bonds. The first-order valence-corrected chi connectivity index (χ1v) is 6.70. The van der Waals surface area contributed by atoms with Gasteiger partial charge in [0.05, 0.1) is 18.2 Å². The molecule has 1 aliphatic carbocycles. The third-order valence-corrected chi connectivity index (χ3v) is 3.93. The average Bonchev–Trinajstić information content (AvgIpc) is 2.82. The normalized spacial score (nSPS) is 18.2. The molecule has 1 heterocycles. The van der Waals surface area contributed by atoms with Crippen LogP contribution in [-0.2, 0) is 4.79 Å². The van der Waals surface area contributed by atoms with E-state index in [1.54, 1.807) is 0 Å². The maximum atomic E-state index is 12.0. The maximum Gasteiger partial charge on any atom is 0.305 e. The van der Waals surface area contributed by atoms with Crippen molar-refractivity contribution in [2.24, 2.45) is 0 Å². The number of aliphatic carboxylic acids is 1. The zero-order valence-corrected chi connectivity index (χ0v) is 10.7. The van der Waals surface area contributed by atoms with E-state index in [0.29, 0.717) is 4.88 Å². The van der Waals surface area contributed by atoms with Crippen molar-refractivity contribution in [1.82, 2.24) is 14.9 Å². The molecule has 0 bridgehead atoms. The summed E-state index contributed by atoms with van der Waals surface area (Å²) < 4.78 is 3.63. The van der Waals surface area contributed by atoms with Crippen LogP contribution in [0.15, 0.2) is 6.20 Å². The topological polar surface area (TPSA) is 92.2 Å². The number of amides is 1. The van der Waals surface area contributed by atoms with Crippen LogP contribution in [0.5, 0.6) is 0 Å². The molecule has 2 N–H and O–H groups in total. The molecule has 0 aliphatic heterocycles. The number of carbonyl (C=O) groups excluding carboxylic acids is 1. The molecule has 6 nitrogen and oxygen atoms in total. The maximum absolute atomic E-state index is 12.0. The number of nitrogens with zero attached hydrogens (tertiary/aromatic N) is 2. The predicted molar refractivity (Wildman–Crippen MR) is 65.4 cm³/mol. The second kappa shape index (κ2) is 5.43. The number of carboxylic acid groups (broad SMARTS) is 1. The van der Waals surface area contributed by atoms with Crippen LogP contribution in [0.1, 0.15) is 48.2 Å². The van der Waals surface area contributed by atoms with Crippen LogP contribution >= 0.6 is 11.5 Å². The van der Waals surface area contributed by atoms with Crippen molar-refractivity contribution in [1.29, 1.82) is 0 Å². The van der Waals surface area contributed by atoms with Crippen LogP contribution < -0.4 is 5.32 Å². The Morgan fingerprint density at radius 2 is 2.11 bits per heavy atom. The molecule has 0 unspecified atom stereocenters. The second-order valence-corrected chi connectivity index (χ2v) is 5.43. The van der Waals surface area contributed by atoms with Gasteiger partial charge in [0.25, 0.3) is 5.91 Å². The molecule has 98 valence electrons. The number of hydrogen-bond donors (Lipinski definition) is 2. The fraction of sp³-hybridized carbons (Fsp3) is 0.636. The molecular weight excluding hydrogens is 254 g/mol. The van der Waals surface area contributed by atoms with E-state index in [0.717, 1.165) is 43.6 Å². The van der Waals surface area contributed by atoms with Crippen LogP contribution in [0.25, 0.3) is 0 Å². The number of aromatic nitrogens is 2. The van der Waals surface area contributed by atoms with Gasteiger partial charge in [0.2, 0.25) is 0 Å². The van der Waals surface area contributed by atoms with Gasteiger partial charge in [-0.15, -0.1) is 5.10 Å². The zero-order chi connectivity index (χ0) is 13.0. The SMILES string of the molecule is O=C(O)CC1(NC(=O)c2cnns2)CCCCC1. The highest BCUT2D eigenvalue weighted by Gasteiger charge is 2.36. The smallest absolute Gasteiger partial charge is 0.305 e. The summed E-state index contributed by atoms with van der Waals surface area (Å²) in [4.78, 5) is 23.4. The molecule has 1 fully saturated rings. The summed E-state index contributed by atoms with van der Waals surface area (Å²) in [6.07, 6.45) is 5.82. The Bertz CT molecular complexity index is 427. The van der Waals surface area contributed by atoms with E-state index < -0.39 is 11.5 Å². The van der Waals surface area contributed by atoms with Crippen LogP contribution in [0.2, 0.25) is 0 Å². The lowest BCUT2D eigenvalue weighted by atomic mass is 9.79. The number of rotatable bonds is 4. The summed E-state index contributed by atoms with van der Waals surface area (Å²) in [6, 6.07) is 0. The van der Waals surface area contributed by atoms with Gasteiger partial charge in [-0.25, -0.2) is 0 Å². The second-order valence-electron chi connectivity index (χ2n) is 4.65.